The molecule has 0 aromatic heterocycles. The average Bonchev–Trinajstić information content (AvgIpc) is 2.78. The number of amidine groups is 1. The summed E-state index contributed by atoms with van der Waals surface area (Å²) in [5, 5.41) is 9.34. The van der Waals surface area contributed by atoms with Gasteiger partial charge in [-0.15, -0.1) is 0 Å². The van der Waals surface area contributed by atoms with Gasteiger partial charge in [-0.2, -0.15) is 0 Å². The second kappa shape index (κ2) is 8.49. The third-order valence-electron chi connectivity index (χ3n) is 4.67. The fraction of sp³-hybridized carbons (Fsp3) is 0.0400. The number of esters is 1. The van der Waals surface area contributed by atoms with Gasteiger partial charge in [0.05, 0.1) is 5.56 Å². The van der Waals surface area contributed by atoms with Gasteiger partial charge in [0, 0.05) is 5.56 Å². The molecule has 0 saturated heterocycles. The van der Waals surface area contributed by atoms with Crippen LogP contribution in [0.3, 0.4) is 0 Å². The minimum Gasteiger partial charge on any atom is -0.489 e. The molecule has 0 radical (unpaired) electrons. The number of carbonyl (C=O) groups is 1. The number of nitrogens with one attached hydrogen (secondary N) is 1. The van der Waals surface area contributed by atoms with E-state index in [4.69, 9.17) is 20.6 Å². The first-order valence-corrected chi connectivity index (χ1v) is 9.46. The van der Waals surface area contributed by atoms with Crippen LogP contribution < -0.4 is 15.2 Å². The predicted molar refractivity (Wildman–Crippen MR) is 117 cm³/mol. The summed E-state index contributed by atoms with van der Waals surface area (Å²) in [7, 11) is 0. The summed E-state index contributed by atoms with van der Waals surface area (Å²) >= 11 is 0. The Morgan fingerprint density at radius 3 is 2.13 bits per heavy atom. The number of benzene rings is 4. The molecule has 30 heavy (non-hydrogen) atoms. The molecule has 0 aliphatic carbocycles. The van der Waals surface area contributed by atoms with Crippen molar-refractivity contribution in [3.8, 4) is 11.5 Å². The van der Waals surface area contributed by atoms with Crippen molar-refractivity contribution >= 4 is 22.6 Å². The molecule has 3 N–H and O–H groups in total. The highest BCUT2D eigenvalue weighted by atomic mass is 16.5. The van der Waals surface area contributed by atoms with E-state index in [1.807, 2.05) is 48.5 Å². The molecule has 0 aliphatic rings. The maximum absolute atomic E-state index is 12.5. The van der Waals surface area contributed by atoms with Gasteiger partial charge in [0.1, 0.15) is 23.9 Å². The first-order chi connectivity index (χ1) is 14.6. The van der Waals surface area contributed by atoms with Crippen LogP contribution in [0.1, 0.15) is 21.5 Å². The summed E-state index contributed by atoms with van der Waals surface area (Å²) in [6, 6.07) is 27.6. The molecule has 0 spiro atoms. The highest BCUT2D eigenvalue weighted by Crippen LogP contribution is 2.23. The number of nitrogen functional groups attached to an aromatic ring is 1. The molecule has 0 saturated carbocycles. The van der Waals surface area contributed by atoms with Crippen LogP contribution in [0.2, 0.25) is 0 Å². The average molecular weight is 396 g/mol. The Kier molecular flexibility index (Phi) is 5.44. The molecular weight excluding hydrogens is 376 g/mol. The first kappa shape index (κ1) is 19.2. The summed E-state index contributed by atoms with van der Waals surface area (Å²) < 4.78 is 11.3. The van der Waals surface area contributed by atoms with Crippen LogP contribution in [0, 0.1) is 5.41 Å². The van der Waals surface area contributed by atoms with Crippen molar-refractivity contribution < 1.29 is 14.3 Å². The summed E-state index contributed by atoms with van der Waals surface area (Å²) in [6.45, 7) is 0.465. The lowest BCUT2D eigenvalue weighted by Crippen LogP contribution is -2.10. The van der Waals surface area contributed by atoms with E-state index in [2.05, 4.69) is 0 Å². The van der Waals surface area contributed by atoms with E-state index in [1.165, 1.54) is 0 Å². The molecule has 0 atom stereocenters. The van der Waals surface area contributed by atoms with E-state index in [0.29, 0.717) is 29.2 Å². The van der Waals surface area contributed by atoms with Crippen molar-refractivity contribution in [3.05, 3.63) is 108 Å². The normalized spacial score (nSPS) is 10.5. The molecular formula is C25H20N2O3. The highest BCUT2D eigenvalue weighted by Gasteiger charge is 2.10. The van der Waals surface area contributed by atoms with E-state index in [9.17, 15) is 4.79 Å². The Morgan fingerprint density at radius 1 is 0.767 bits per heavy atom. The lowest BCUT2D eigenvalue weighted by molar-refractivity contribution is 0.0735. The van der Waals surface area contributed by atoms with Gasteiger partial charge in [0.15, 0.2) is 0 Å². The molecule has 0 bridgehead atoms. The van der Waals surface area contributed by atoms with Gasteiger partial charge in [-0.05, 0) is 58.8 Å². The molecule has 0 unspecified atom stereocenters. The summed E-state index contributed by atoms with van der Waals surface area (Å²) in [6.07, 6.45) is 0. The third kappa shape index (κ3) is 4.47. The number of fused-ring (bicyclic) bond motifs is 1. The quantitative estimate of drug-likeness (QED) is 0.210. The van der Waals surface area contributed by atoms with Crippen molar-refractivity contribution in [2.24, 2.45) is 5.73 Å². The zero-order valence-corrected chi connectivity index (χ0v) is 16.2. The topological polar surface area (TPSA) is 85.4 Å². The van der Waals surface area contributed by atoms with Crippen molar-refractivity contribution in [1.82, 2.24) is 0 Å². The Balaban J connectivity index is 1.41. The number of hydrogen-bond acceptors (Lipinski definition) is 4. The Morgan fingerprint density at radius 2 is 1.40 bits per heavy atom. The van der Waals surface area contributed by atoms with E-state index < -0.39 is 5.97 Å². The van der Waals surface area contributed by atoms with Gasteiger partial charge < -0.3 is 15.2 Å². The minimum absolute atomic E-state index is 0.0172. The number of nitrogens with two attached hydrogens (primary N) is 1. The molecule has 0 amide bonds. The number of carbonyl (C=O) groups excluding carboxylic acids is 1. The van der Waals surface area contributed by atoms with Crippen molar-refractivity contribution in [1.29, 1.82) is 5.41 Å². The van der Waals surface area contributed by atoms with Gasteiger partial charge >= 0.3 is 5.97 Å². The van der Waals surface area contributed by atoms with Crippen LogP contribution >= 0.6 is 0 Å². The maximum Gasteiger partial charge on any atom is 0.343 e. The van der Waals surface area contributed by atoms with Gasteiger partial charge in [0.25, 0.3) is 0 Å². The van der Waals surface area contributed by atoms with Crippen molar-refractivity contribution in [2.75, 3.05) is 0 Å². The van der Waals surface area contributed by atoms with E-state index >= 15 is 0 Å². The Labute approximate surface area is 174 Å². The molecule has 5 nitrogen and oxygen atoms in total. The second-order valence-electron chi connectivity index (χ2n) is 6.83. The number of rotatable bonds is 6. The summed E-state index contributed by atoms with van der Waals surface area (Å²) in [4.78, 5) is 12.5. The second-order valence-corrected chi connectivity index (χ2v) is 6.83. The van der Waals surface area contributed by atoms with Crippen molar-refractivity contribution in [2.45, 2.75) is 6.61 Å². The lowest BCUT2D eigenvalue weighted by Gasteiger charge is -2.09. The molecule has 0 fully saturated rings. The summed E-state index contributed by atoms with van der Waals surface area (Å²) in [5.41, 5.74) is 7.70. The monoisotopic (exact) mass is 396 g/mol. The first-order valence-electron chi connectivity index (χ1n) is 9.46. The van der Waals surface area contributed by atoms with E-state index in [-0.39, 0.29) is 5.84 Å². The minimum atomic E-state index is -0.440. The Hall–Kier alpha value is -4.12. The van der Waals surface area contributed by atoms with Crippen LogP contribution in [-0.4, -0.2) is 11.8 Å². The van der Waals surface area contributed by atoms with Gasteiger partial charge in [-0.25, -0.2) is 4.79 Å². The third-order valence-corrected chi connectivity index (χ3v) is 4.67. The predicted octanol–water partition coefficient (Wildman–Crippen LogP) is 4.92. The highest BCUT2D eigenvalue weighted by molar-refractivity contribution is 5.99. The molecule has 5 heteroatoms. The fourth-order valence-corrected chi connectivity index (χ4v) is 3.05. The van der Waals surface area contributed by atoms with Crippen LogP contribution in [0.25, 0.3) is 10.8 Å². The van der Waals surface area contributed by atoms with E-state index in [0.717, 1.165) is 16.3 Å². The number of hydrogen-bond donors (Lipinski definition) is 2. The van der Waals surface area contributed by atoms with Crippen LogP contribution in [0.5, 0.6) is 11.5 Å². The van der Waals surface area contributed by atoms with Crippen molar-refractivity contribution in [3.63, 3.8) is 0 Å². The van der Waals surface area contributed by atoms with Crippen LogP contribution in [-0.2, 0) is 6.61 Å². The van der Waals surface area contributed by atoms with Crippen LogP contribution in [0.15, 0.2) is 91.0 Å². The molecule has 0 heterocycles. The fourth-order valence-electron chi connectivity index (χ4n) is 3.05. The van der Waals surface area contributed by atoms with Gasteiger partial charge in [0.2, 0.25) is 0 Å². The molecule has 4 aromatic carbocycles. The van der Waals surface area contributed by atoms with E-state index in [1.54, 1.807) is 42.5 Å². The van der Waals surface area contributed by atoms with Gasteiger partial charge in [-0.1, -0.05) is 48.5 Å². The standard InChI is InChI=1S/C25H20N2O3/c26-24(27)21-7-6-20-15-23(13-10-19(20)14-21)30-25(28)18-8-11-22(12-9-18)29-16-17-4-2-1-3-5-17/h1-15H,16H2,(H3,26,27). The SMILES string of the molecule is N=C(N)c1ccc2cc(OC(=O)c3ccc(OCc4ccccc4)cc3)ccc2c1. The molecule has 4 aromatic rings. The largest absolute Gasteiger partial charge is 0.489 e. The van der Waals surface area contributed by atoms with Gasteiger partial charge in [-0.3, -0.25) is 5.41 Å². The summed E-state index contributed by atoms with van der Waals surface area (Å²) in [5.74, 6) is 0.711. The smallest absolute Gasteiger partial charge is 0.343 e. The molecule has 0 aliphatic heterocycles. The zero-order valence-electron chi connectivity index (χ0n) is 16.2. The maximum atomic E-state index is 12.5. The zero-order chi connectivity index (χ0) is 20.9. The van der Waals surface area contributed by atoms with Crippen LogP contribution in [0.4, 0.5) is 0 Å². The molecule has 148 valence electrons. The lowest BCUT2D eigenvalue weighted by atomic mass is 10.1. The molecule has 4 rings (SSSR count). The Bertz CT molecular complexity index is 1200. The number of ether oxygens (including phenoxy) is 2.